The molecule has 1 N–H and O–H groups in total. The second kappa shape index (κ2) is 4.76. The zero-order valence-corrected chi connectivity index (χ0v) is 12.2. The van der Waals surface area contributed by atoms with Crippen LogP contribution in [0.1, 0.15) is 31.4 Å². The van der Waals surface area contributed by atoms with Gasteiger partial charge in [-0.25, -0.2) is 0 Å². The summed E-state index contributed by atoms with van der Waals surface area (Å²) in [4.78, 5) is 14.0. The molecule has 0 spiro atoms. The average Bonchev–Trinajstić information content (AvgIpc) is 3.16. The molecule has 2 aliphatic rings. The molecule has 2 atom stereocenters. The smallest absolute Gasteiger partial charge is 0.251 e. The minimum Gasteiger partial charge on any atom is -0.351 e. The number of halogens is 1. The Morgan fingerprint density at radius 1 is 1.37 bits per heavy atom. The topological polar surface area (TPSA) is 32.3 Å². The monoisotopic (exact) mass is 294 g/mol. The molecule has 19 heavy (non-hydrogen) atoms. The molecule has 3 rings (SSSR count). The SMILES string of the molecule is C[C@@H]1NC(=S)N([C@H](c2ccc(Cl)cc2)C2CC2)C1=O. The summed E-state index contributed by atoms with van der Waals surface area (Å²) >= 11 is 11.2. The van der Waals surface area contributed by atoms with E-state index < -0.39 is 0 Å². The van der Waals surface area contributed by atoms with E-state index in [1.165, 1.54) is 0 Å². The third-order valence-electron chi connectivity index (χ3n) is 3.72. The van der Waals surface area contributed by atoms with Crippen LogP contribution in [0.5, 0.6) is 0 Å². The molecular weight excluding hydrogens is 280 g/mol. The van der Waals surface area contributed by atoms with Gasteiger partial charge >= 0.3 is 0 Å². The van der Waals surface area contributed by atoms with Crippen molar-refractivity contribution in [3.05, 3.63) is 34.9 Å². The van der Waals surface area contributed by atoms with Crippen molar-refractivity contribution in [3.8, 4) is 0 Å². The van der Waals surface area contributed by atoms with Crippen molar-refractivity contribution in [1.82, 2.24) is 10.2 Å². The molecule has 1 aliphatic heterocycles. The Kier molecular flexibility index (Phi) is 3.23. The lowest BCUT2D eigenvalue weighted by Gasteiger charge is -2.27. The van der Waals surface area contributed by atoms with E-state index in [1.807, 2.05) is 31.2 Å². The Hall–Kier alpha value is -1.13. The first-order chi connectivity index (χ1) is 9.08. The highest BCUT2D eigenvalue weighted by atomic mass is 35.5. The van der Waals surface area contributed by atoms with Gasteiger partial charge in [-0.15, -0.1) is 0 Å². The summed E-state index contributed by atoms with van der Waals surface area (Å²) in [6.45, 7) is 1.85. The predicted octanol–water partition coefficient (Wildman–Crippen LogP) is 2.90. The number of carbonyl (C=O) groups excluding carboxylic acids is 1. The fourth-order valence-electron chi connectivity index (χ4n) is 2.59. The van der Waals surface area contributed by atoms with E-state index in [9.17, 15) is 4.79 Å². The summed E-state index contributed by atoms with van der Waals surface area (Å²) in [5, 5.41) is 4.30. The maximum atomic E-state index is 12.3. The average molecular weight is 295 g/mol. The molecule has 2 fully saturated rings. The normalized spacial score (nSPS) is 24.5. The first kappa shape index (κ1) is 12.9. The third-order valence-corrected chi connectivity index (χ3v) is 4.29. The molecule has 0 bridgehead atoms. The lowest BCUT2D eigenvalue weighted by Crippen LogP contribution is -2.36. The van der Waals surface area contributed by atoms with E-state index in [0.717, 1.165) is 18.4 Å². The number of benzene rings is 1. The van der Waals surface area contributed by atoms with Gasteiger partial charge in [-0.1, -0.05) is 23.7 Å². The first-order valence-corrected chi connectivity index (χ1v) is 7.25. The van der Waals surface area contributed by atoms with E-state index in [1.54, 1.807) is 4.90 Å². The number of hydrogen-bond acceptors (Lipinski definition) is 2. The van der Waals surface area contributed by atoms with Gasteiger partial charge in [-0.05, 0) is 55.6 Å². The summed E-state index contributed by atoms with van der Waals surface area (Å²) in [5.74, 6) is 0.576. The molecule has 0 aromatic heterocycles. The first-order valence-electron chi connectivity index (χ1n) is 6.47. The van der Waals surface area contributed by atoms with Gasteiger partial charge in [0.1, 0.15) is 6.04 Å². The van der Waals surface area contributed by atoms with Crippen LogP contribution in [0.25, 0.3) is 0 Å². The van der Waals surface area contributed by atoms with Gasteiger partial charge < -0.3 is 5.32 Å². The molecular formula is C14H15ClN2OS. The van der Waals surface area contributed by atoms with Gasteiger partial charge in [-0.3, -0.25) is 9.69 Å². The van der Waals surface area contributed by atoms with E-state index in [4.69, 9.17) is 23.8 Å². The van der Waals surface area contributed by atoms with Crippen molar-refractivity contribution in [2.24, 2.45) is 5.92 Å². The van der Waals surface area contributed by atoms with Crippen LogP contribution < -0.4 is 5.32 Å². The molecule has 1 heterocycles. The fraction of sp³-hybridized carbons (Fsp3) is 0.429. The van der Waals surface area contributed by atoms with Crippen molar-refractivity contribution in [1.29, 1.82) is 0 Å². The highest BCUT2D eigenvalue weighted by Crippen LogP contribution is 2.45. The molecule has 1 aromatic rings. The van der Waals surface area contributed by atoms with Crippen molar-refractivity contribution in [2.75, 3.05) is 0 Å². The van der Waals surface area contributed by atoms with E-state index in [2.05, 4.69) is 5.32 Å². The zero-order chi connectivity index (χ0) is 13.6. The number of amides is 1. The molecule has 100 valence electrons. The second-order valence-corrected chi connectivity index (χ2v) is 6.04. The number of carbonyl (C=O) groups is 1. The summed E-state index contributed by atoms with van der Waals surface area (Å²) in [6, 6.07) is 7.55. The molecule has 0 unspecified atom stereocenters. The van der Waals surface area contributed by atoms with E-state index in [0.29, 0.717) is 16.1 Å². The van der Waals surface area contributed by atoms with Crippen LogP contribution in [-0.4, -0.2) is 22.0 Å². The van der Waals surface area contributed by atoms with Gasteiger partial charge in [0.25, 0.3) is 5.91 Å². The standard InChI is InChI=1S/C14H15ClN2OS/c1-8-13(18)17(14(19)16-8)12(9-2-3-9)10-4-6-11(15)7-5-10/h4-9,12H,2-3H2,1H3,(H,16,19)/t8-,12-/m0/s1. The Balaban J connectivity index is 1.95. The van der Waals surface area contributed by atoms with Gasteiger partial charge in [0.05, 0.1) is 6.04 Å². The zero-order valence-electron chi connectivity index (χ0n) is 10.6. The number of rotatable bonds is 3. The molecule has 0 radical (unpaired) electrons. The molecule has 1 saturated carbocycles. The van der Waals surface area contributed by atoms with Crippen molar-refractivity contribution >= 4 is 34.8 Å². The Bertz CT molecular complexity index is 527. The van der Waals surface area contributed by atoms with Crippen LogP contribution in [0.3, 0.4) is 0 Å². The van der Waals surface area contributed by atoms with Crippen LogP contribution in [0.15, 0.2) is 24.3 Å². The lowest BCUT2D eigenvalue weighted by atomic mass is 10.0. The lowest BCUT2D eigenvalue weighted by molar-refractivity contribution is -0.128. The maximum absolute atomic E-state index is 12.3. The fourth-order valence-corrected chi connectivity index (χ4v) is 3.10. The summed E-state index contributed by atoms with van der Waals surface area (Å²) in [7, 11) is 0. The second-order valence-electron chi connectivity index (χ2n) is 5.21. The maximum Gasteiger partial charge on any atom is 0.251 e. The number of hydrogen-bond donors (Lipinski definition) is 1. The number of nitrogens with zero attached hydrogens (tertiary/aromatic N) is 1. The van der Waals surface area contributed by atoms with Crippen LogP contribution in [0, 0.1) is 5.92 Å². The van der Waals surface area contributed by atoms with Crippen LogP contribution in [0.2, 0.25) is 5.02 Å². The summed E-state index contributed by atoms with van der Waals surface area (Å²) in [6.07, 6.45) is 2.29. The van der Waals surface area contributed by atoms with Crippen molar-refractivity contribution in [2.45, 2.75) is 31.8 Å². The highest BCUT2D eigenvalue weighted by Gasteiger charge is 2.44. The number of thiocarbonyl (C=S) groups is 1. The van der Waals surface area contributed by atoms with Gasteiger partial charge in [0.2, 0.25) is 0 Å². The van der Waals surface area contributed by atoms with Crippen molar-refractivity contribution < 1.29 is 4.79 Å². The molecule has 1 saturated heterocycles. The van der Waals surface area contributed by atoms with Gasteiger partial charge in [-0.2, -0.15) is 0 Å². The Labute approximate surface area is 122 Å². The third kappa shape index (κ3) is 2.35. The summed E-state index contributed by atoms with van der Waals surface area (Å²) in [5.41, 5.74) is 1.11. The van der Waals surface area contributed by atoms with Gasteiger partial charge in [0, 0.05) is 5.02 Å². The van der Waals surface area contributed by atoms with Crippen molar-refractivity contribution in [3.63, 3.8) is 0 Å². The number of nitrogens with one attached hydrogen (secondary N) is 1. The van der Waals surface area contributed by atoms with Gasteiger partial charge in [0.15, 0.2) is 5.11 Å². The Morgan fingerprint density at radius 2 is 2.00 bits per heavy atom. The minimum absolute atomic E-state index is 0.0507. The minimum atomic E-state index is -0.221. The van der Waals surface area contributed by atoms with Crippen LogP contribution >= 0.6 is 23.8 Å². The predicted molar refractivity (Wildman–Crippen MR) is 79.0 cm³/mol. The quantitative estimate of drug-likeness (QED) is 0.870. The highest BCUT2D eigenvalue weighted by molar-refractivity contribution is 7.80. The van der Waals surface area contributed by atoms with Crippen LogP contribution in [0.4, 0.5) is 0 Å². The van der Waals surface area contributed by atoms with E-state index >= 15 is 0 Å². The van der Waals surface area contributed by atoms with Crippen LogP contribution in [-0.2, 0) is 4.79 Å². The van der Waals surface area contributed by atoms with E-state index in [-0.39, 0.29) is 18.0 Å². The molecule has 3 nitrogen and oxygen atoms in total. The largest absolute Gasteiger partial charge is 0.351 e. The molecule has 5 heteroatoms. The molecule has 1 aliphatic carbocycles. The molecule has 1 amide bonds. The Morgan fingerprint density at radius 3 is 2.47 bits per heavy atom. The summed E-state index contributed by atoms with van der Waals surface area (Å²) < 4.78 is 0. The molecule has 1 aromatic carbocycles.